The molecule has 1 atom stereocenters. The van der Waals surface area contributed by atoms with Crippen LogP contribution in [-0.2, 0) is 16.1 Å². The average Bonchev–Trinajstić information content (AvgIpc) is 3.04. The van der Waals surface area contributed by atoms with Crippen LogP contribution in [0.15, 0.2) is 36.7 Å². The minimum absolute atomic E-state index is 0.0807. The lowest BCUT2D eigenvalue weighted by atomic mass is 10.0. The van der Waals surface area contributed by atoms with Crippen molar-refractivity contribution in [1.82, 2.24) is 15.1 Å². The molecule has 0 saturated carbocycles. The number of hydrogen-bond donors (Lipinski definition) is 2. The Hall–Kier alpha value is -2.70. The Labute approximate surface area is 120 Å². The first-order valence-corrected chi connectivity index (χ1v) is 6.48. The molecule has 1 aromatic heterocycles. The van der Waals surface area contributed by atoms with E-state index in [1.54, 1.807) is 18.5 Å². The summed E-state index contributed by atoms with van der Waals surface area (Å²) in [7, 11) is 0. The Balaban J connectivity index is 1.64. The SMILES string of the molecule is O=C(Cn1cccn1)NCC1C(=O)Nc2ccc(F)cc21. The van der Waals surface area contributed by atoms with E-state index in [-0.39, 0.29) is 24.9 Å². The second-order valence-corrected chi connectivity index (χ2v) is 4.78. The molecule has 3 rings (SSSR count). The zero-order valence-electron chi connectivity index (χ0n) is 11.0. The first-order valence-electron chi connectivity index (χ1n) is 6.48. The Bertz CT molecular complexity index is 684. The highest BCUT2D eigenvalue weighted by Gasteiger charge is 2.31. The molecule has 1 aromatic carbocycles. The minimum Gasteiger partial charge on any atom is -0.353 e. The van der Waals surface area contributed by atoms with Gasteiger partial charge in [0.1, 0.15) is 12.4 Å². The largest absolute Gasteiger partial charge is 0.353 e. The number of hydrogen-bond acceptors (Lipinski definition) is 3. The summed E-state index contributed by atoms with van der Waals surface area (Å²) in [5, 5.41) is 9.27. The van der Waals surface area contributed by atoms with E-state index in [0.717, 1.165) is 0 Å². The van der Waals surface area contributed by atoms with Gasteiger partial charge in [-0.25, -0.2) is 4.39 Å². The molecule has 2 aromatic rings. The highest BCUT2D eigenvalue weighted by molar-refractivity contribution is 6.03. The molecule has 108 valence electrons. The number of anilines is 1. The van der Waals surface area contributed by atoms with Crippen molar-refractivity contribution in [2.24, 2.45) is 0 Å². The predicted octanol–water partition coefficient (Wildman–Crippen LogP) is 0.874. The van der Waals surface area contributed by atoms with Crippen LogP contribution in [0.4, 0.5) is 10.1 Å². The van der Waals surface area contributed by atoms with E-state index < -0.39 is 11.7 Å². The molecule has 1 aliphatic rings. The van der Waals surface area contributed by atoms with Crippen LogP contribution < -0.4 is 10.6 Å². The molecule has 21 heavy (non-hydrogen) atoms. The van der Waals surface area contributed by atoms with Gasteiger partial charge >= 0.3 is 0 Å². The maximum absolute atomic E-state index is 13.3. The van der Waals surface area contributed by atoms with E-state index in [2.05, 4.69) is 15.7 Å². The molecule has 7 heteroatoms. The van der Waals surface area contributed by atoms with Crippen molar-refractivity contribution in [1.29, 1.82) is 0 Å². The molecule has 6 nitrogen and oxygen atoms in total. The molecule has 0 saturated heterocycles. The zero-order valence-corrected chi connectivity index (χ0v) is 11.0. The van der Waals surface area contributed by atoms with E-state index in [9.17, 15) is 14.0 Å². The van der Waals surface area contributed by atoms with Crippen molar-refractivity contribution in [2.75, 3.05) is 11.9 Å². The van der Waals surface area contributed by atoms with E-state index in [1.165, 1.54) is 22.9 Å². The quantitative estimate of drug-likeness (QED) is 0.876. The van der Waals surface area contributed by atoms with Crippen molar-refractivity contribution in [3.05, 3.63) is 48.0 Å². The van der Waals surface area contributed by atoms with Crippen molar-refractivity contribution < 1.29 is 14.0 Å². The van der Waals surface area contributed by atoms with Crippen LogP contribution >= 0.6 is 0 Å². The Morgan fingerprint density at radius 2 is 2.33 bits per heavy atom. The number of aromatic nitrogens is 2. The third-order valence-electron chi connectivity index (χ3n) is 3.33. The van der Waals surface area contributed by atoms with Gasteiger partial charge in [0.15, 0.2) is 0 Å². The molecular weight excluding hydrogens is 275 g/mol. The molecule has 1 aliphatic heterocycles. The van der Waals surface area contributed by atoms with Crippen molar-refractivity contribution in [2.45, 2.75) is 12.5 Å². The molecule has 0 spiro atoms. The van der Waals surface area contributed by atoms with E-state index in [4.69, 9.17) is 0 Å². The molecule has 2 amide bonds. The summed E-state index contributed by atoms with van der Waals surface area (Å²) in [6.45, 7) is 0.208. The lowest BCUT2D eigenvalue weighted by Gasteiger charge is -2.10. The topological polar surface area (TPSA) is 76.0 Å². The van der Waals surface area contributed by atoms with Gasteiger partial charge in [-0.1, -0.05) is 0 Å². The number of fused-ring (bicyclic) bond motifs is 1. The van der Waals surface area contributed by atoms with Gasteiger partial charge in [-0.15, -0.1) is 0 Å². The second kappa shape index (κ2) is 5.35. The third kappa shape index (κ3) is 2.76. The van der Waals surface area contributed by atoms with Gasteiger partial charge in [0.05, 0.1) is 5.92 Å². The number of halogens is 1. The highest BCUT2D eigenvalue weighted by Crippen LogP contribution is 2.32. The number of nitrogens with zero attached hydrogens (tertiary/aromatic N) is 2. The number of amides is 2. The number of carbonyl (C=O) groups excluding carboxylic acids is 2. The van der Waals surface area contributed by atoms with Gasteiger partial charge in [0.25, 0.3) is 0 Å². The number of rotatable bonds is 4. The molecule has 2 heterocycles. The Morgan fingerprint density at radius 1 is 1.48 bits per heavy atom. The fraction of sp³-hybridized carbons (Fsp3) is 0.214. The summed E-state index contributed by atoms with van der Waals surface area (Å²) in [6, 6.07) is 5.85. The molecule has 0 fully saturated rings. The maximum atomic E-state index is 13.3. The van der Waals surface area contributed by atoms with Gasteiger partial charge < -0.3 is 10.6 Å². The monoisotopic (exact) mass is 288 g/mol. The molecule has 0 bridgehead atoms. The fourth-order valence-corrected chi connectivity index (χ4v) is 2.31. The molecule has 1 unspecified atom stereocenters. The minimum atomic E-state index is -0.572. The van der Waals surface area contributed by atoms with Crippen LogP contribution in [0.5, 0.6) is 0 Å². The van der Waals surface area contributed by atoms with Gasteiger partial charge in [0, 0.05) is 24.6 Å². The van der Waals surface area contributed by atoms with E-state index in [1.807, 2.05) is 0 Å². The first kappa shape index (κ1) is 13.3. The summed E-state index contributed by atoms with van der Waals surface area (Å²) >= 11 is 0. The maximum Gasteiger partial charge on any atom is 0.241 e. The lowest BCUT2D eigenvalue weighted by Crippen LogP contribution is -2.33. The van der Waals surface area contributed by atoms with Crippen LogP contribution in [0.25, 0.3) is 0 Å². The molecular formula is C14H13FN4O2. The van der Waals surface area contributed by atoms with Gasteiger partial charge in [-0.05, 0) is 29.8 Å². The van der Waals surface area contributed by atoms with E-state index >= 15 is 0 Å². The summed E-state index contributed by atoms with van der Waals surface area (Å²) < 4.78 is 14.8. The number of carbonyl (C=O) groups is 2. The standard InChI is InChI=1S/C14H13FN4O2/c15-9-2-3-12-10(6-9)11(14(21)18-12)7-16-13(20)8-19-5-1-4-17-19/h1-6,11H,7-8H2,(H,16,20)(H,18,21). The molecule has 0 radical (unpaired) electrons. The zero-order chi connectivity index (χ0) is 14.8. The smallest absolute Gasteiger partial charge is 0.241 e. The van der Waals surface area contributed by atoms with Crippen molar-refractivity contribution >= 4 is 17.5 Å². The summed E-state index contributed by atoms with van der Waals surface area (Å²) in [4.78, 5) is 23.6. The summed E-state index contributed by atoms with van der Waals surface area (Å²) in [5.41, 5.74) is 1.16. The van der Waals surface area contributed by atoms with E-state index in [0.29, 0.717) is 11.3 Å². The molecule has 0 aliphatic carbocycles. The van der Waals surface area contributed by atoms with Gasteiger partial charge in [-0.2, -0.15) is 5.10 Å². The van der Waals surface area contributed by atoms with Crippen LogP contribution in [0.1, 0.15) is 11.5 Å². The number of benzene rings is 1. The normalized spacial score (nSPS) is 16.4. The van der Waals surface area contributed by atoms with Crippen LogP contribution in [0.3, 0.4) is 0 Å². The summed E-state index contributed by atoms with van der Waals surface area (Å²) in [6.07, 6.45) is 3.25. The van der Waals surface area contributed by atoms with Crippen molar-refractivity contribution in [3.63, 3.8) is 0 Å². The van der Waals surface area contributed by atoms with Gasteiger partial charge in [0.2, 0.25) is 11.8 Å². The van der Waals surface area contributed by atoms with Crippen LogP contribution in [0, 0.1) is 5.82 Å². The van der Waals surface area contributed by atoms with Crippen molar-refractivity contribution in [3.8, 4) is 0 Å². The van der Waals surface area contributed by atoms with Crippen LogP contribution in [0.2, 0.25) is 0 Å². The average molecular weight is 288 g/mol. The fourth-order valence-electron chi connectivity index (χ4n) is 2.31. The van der Waals surface area contributed by atoms with Gasteiger partial charge in [-0.3, -0.25) is 14.3 Å². The third-order valence-corrected chi connectivity index (χ3v) is 3.33. The Morgan fingerprint density at radius 3 is 3.10 bits per heavy atom. The lowest BCUT2D eigenvalue weighted by molar-refractivity contribution is -0.122. The predicted molar refractivity (Wildman–Crippen MR) is 73.0 cm³/mol. The Kier molecular flexibility index (Phi) is 3.39. The highest BCUT2D eigenvalue weighted by atomic mass is 19.1. The van der Waals surface area contributed by atoms with Crippen LogP contribution in [-0.4, -0.2) is 28.1 Å². The molecule has 2 N–H and O–H groups in total. The second-order valence-electron chi connectivity index (χ2n) is 4.78. The summed E-state index contributed by atoms with van der Waals surface area (Å²) in [5.74, 6) is -1.47. The number of nitrogens with one attached hydrogen (secondary N) is 2. The first-order chi connectivity index (χ1) is 10.1.